The van der Waals surface area contributed by atoms with E-state index in [1.807, 2.05) is 13.8 Å². The van der Waals surface area contributed by atoms with E-state index in [4.69, 9.17) is 15.2 Å². The number of amides is 2. The Morgan fingerprint density at radius 1 is 1.40 bits per heavy atom. The monoisotopic (exact) mass is 343 g/mol. The zero-order valence-corrected chi connectivity index (χ0v) is 14.2. The van der Waals surface area contributed by atoms with Crippen LogP contribution in [-0.4, -0.2) is 35.6 Å². The molecule has 0 bridgehead atoms. The third-order valence-corrected chi connectivity index (χ3v) is 3.96. The Morgan fingerprint density at radius 3 is 2.84 bits per heavy atom. The van der Waals surface area contributed by atoms with Crippen LogP contribution in [0.2, 0.25) is 0 Å². The van der Waals surface area contributed by atoms with Gasteiger partial charge in [-0.3, -0.25) is 14.6 Å². The molecule has 1 aromatic heterocycles. The van der Waals surface area contributed by atoms with Crippen molar-refractivity contribution in [3.05, 3.63) is 30.0 Å². The molecule has 2 aromatic rings. The van der Waals surface area contributed by atoms with Crippen molar-refractivity contribution in [3.63, 3.8) is 0 Å². The van der Waals surface area contributed by atoms with Gasteiger partial charge in [0.2, 0.25) is 5.91 Å². The Hall–Kier alpha value is -2.83. The van der Waals surface area contributed by atoms with E-state index in [-0.39, 0.29) is 23.6 Å². The smallest absolute Gasteiger partial charge is 0.252 e. The molecule has 25 heavy (non-hydrogen) atoms. The normalized spacial score (nSPS) is 16.9. The van der Waals surface area contributed by atoms with Crippen LogP contribution in [0.25, 0.3) is 10.9 Å². The van der Waals surface area contributed by atoms with E-state index in [2.05, 4.69) is 10.3 Å². The van der Waals surface area contributed by atoms with Gasteiger partial charge in [0, 0.05) is 18.0 Å². The van der Waals surface area contributed by atoms with Crippen molar-refractivity contribution in [2.45, 2.75) is 38.8 Å². The molecular weight excluding hydrogens is 322 g/mol. The summed E-state index contributed by atoms with van der Waals surface area (Å²) in [5, 5.41) is 3.60. The molecule has 0 unspecified atom stereocenters. The molecule has 1 aromatic carbocycles. The number of rotatable bonds is 6. The molecule has 132 valence electrons. The average molecular weight is 343 g/mol. The quantitative estimate of drug-likeness (QED) is 0.832. The molecule has 3 rings (SSSR count). The Balaban J connectivity index is 1.93. The van der Waals surface area contributed by atoms with Gasteiger partial charge in [-0.15, -0.1) is 0 Å². The van der Waals surface area contributed by atoms with E-state index in [1.165, 1.54) is 0 Å². The van der Waals surface area contributed by atoms with Crippen LogP contribution in [0.1, 0.15) is 37.0 Å². The van der Waals surface area contributed by atoms with Crippen LogP contribution in [0, 0.1) is 0 Å². The summed E-state index contributed by atoms with van der Waals surface area (Å²) in [5.41, 5.74) is 6.34. The SMILES string of the molecule is CC(C)Oc1cc2c(OC[C@H]3CCC(=O)N3)ccnc2cc1C(N)=O. The molecule has 0 saturated carbocycles. The summed E-state index contributed by atoms with van der Waals surface area (Å²) in [5.74, 6) is 0.504. The molecule has 3 N–H and O–H groups in total. The summed E-state index contributed by atoms with van der Waals surface area (Å²) in [6, 6.07) is 5.10. The molecule has 0 spiro atoms. The number of nitrogens with zero attached hydrogens (tertiary/aromatic N) is 1. The van der Waals surface area contributed by atoms with Gasteiger partial charge in [0.25, 0.3) is 5.91 Å². The van der Waals surface area contributed by atoms with Gasteiger partial charge in [0.1, 0.15) is 18.1 Å². The second kappa shape index (κ2) is 6.96. The van der Waals surface area contributed by atoms with Gasteiger partial charge >= 0.3 is 0 Å². The van der Waals surface area contributed by atoms with Crippen molar-refractivity contribution in [2.24, 2.45) is 5.73 Å². The topological polar surface area (TPSA) is 104 Å². The maximum absolute atomic E-state index is 11.7. The van der Waals surface area contributed by atoms with E-state index in [0.717, 1.165) is 11.8 Å². The van der Waals surface area contributed by atoms with E-state index in [1.54, 1.807) is 24.4 Å². The van der Waals surface area contributed by atoms with Gasteiger partial charge in [0.15, 0.2) is 0 Å². The highest BCUT2D eigenvalue weighted by Crippen LogP contribution is 2.31. The number of hydrogen-bond donors (Lipinski definition) is 2. The second-order valence-corrected chi connectivity index (χ2v) is 6.32. The lowest BCUT2D eigenvalue weighted by atomic mass is 10.1. The number of nitrogens with one attached hydrogen (secondary N) is 1. The molecule has 7 heteroatoms. The van der Waals surface area contributed by atoms with Crippen molar-refractivity contribution in [2.75, 3.05) is 6.61 Å². The van der Waals surface area contributed by atoms with Gasteiger partial charge in [-0.1, -0.05) is 0 Å². The van der Waals surface area contributed by atoms with Crippen molar-refractivity contribution in [1.82, 2.24) is 10.3 Å². The zero-order valence-electron chi connectivity index (χ0n) is 14.2. The summed E-state index contributed by atoms with van der Waals surface area (Å²) in [4.78, 5) is 27.3. The maximum Gasteiger partial charge on any atom is 0.252 e. The number of ether oxygens (including phenoxy) is 2. The zero-order chi connectivity index (χ0) is 18.0. The Morgan fingerprint density at radius 2 is 2.20 bits per heavy atom. The third-order valence-electron chi connectivity index (χ3n) is 3.96. The molecule has 2 amide bonds. The number of fused-ring (bicyclic) bond motifs is 1. The minimum absolute atomic E-state index is 0.00647. The minimum Gasteiger partial charge on any atom is -0.491 e. The van der Waals surface area contributed by atoms with Crippen molar-refractivity contribution >= 4 is 22.7 Å². The first kappa shape index (κ1) is 17.0. The predicted octanol–water partition coefficient (Wildman–Crippen LogP) is 1.78. The lowest BCUT2D eigenvalue weighted by Gasteiger charge is -2.16. The molecule has 0 aliphatic carbocycles. The number of pyridine rings is 1. The highest BCUT2D eigenvalue weighted by atomic mass is 16.5. The molecular formula is C18H21N3O4. The van der Waals surface area contributed by atoms with Crippen LogP contribution in [0.4, 0.5) is 0 Å². The molecule has 1 aliphatic heterocycles. The van der Waals surface area contributed by atoms with Crippen LogP contribution in [0.5, 0.6) is 11.5 Å². The fourth-order valence-corrected chi connectivity index (χ4v) is 2.81. The minimum atomic E-state index is -0.570. The lowest BCUT2D eigenvalue weighted by Crippen LogP contribution is -2.30. The van der Waals surface area contributed by atoms with Gasteiger partial charge < -0.3 is 20.5 Å². The van der Waals surface area contributed by atoms with E-state index in [0.29, 0.717) is 30.0 Å². The van der Waals surface area contributed by atoms with E-state index < -0.39 is 5.91 Å². The Bertz CT molecular complexity index is 819. The first-order chi connectivity index (χ1) is 11.9. The van der Waals surface area contributed by atoms with Crippen molar-refractivity contribution in [3.8, 4) is 11.5 Å². The number of carbonyl (C=O) groups is 2. The first-order valence-corrected chi connectivity index (χ1v) is 8.25. The predicted molar refractivity (Wildman–Crippen MR) is 92.7 cm³/mol. The van der Waals surface area contributed by atoms with E-state index in [9.17, 15) is 9.59 Å². The van der Waals surface area contributed by atoms with Crippen LogP contribution >= 0.6 is 0 Å². The Labute approximate surface area is 145 Å². The van der Waals surface area contributed by atoms with Crippen LogP contribution < -0.4 is 20.5 Å². The number of nitrogens with two attached hydrogens (primary N) is 1. The summed E-state index contributed by atoms with van der Waals surface area (Å²) in [6.07, 6.45) is 2.79. The molecule has 1 fully saturated rings. The molecule has 7 nitrogen and oxygen atoms in total. The van der Waals surface area contributed by atoms with Crippen LogP contribution in [0.3, 0.4) is 0 Å². The van der Waals surface area contributed by atoms with E-state index >= 15 is 0 Å². The lowest BCUT2D eigenvalue weighted by molar-refractivity contribution is -0.119. The highest BCUT2D eigenvalue weighted by molar-refractivity contribution is 6.01. The van der Waals surface area contributed by atoms with Crippen LogP contribution in [0.15, 0.2) is 24.4 Å². The summed E-state index contributed by atoms with van der Waals surface area (Å²) < 4.78 is 11.6. The fourth-order valence-electron chi connectivity index (χ4n) is 2.81. The summed E-state index contributed by atoms with van der Waals surface area (Å²) in [7, 11) is 0. The number of aromatic nitrogens is 1. The van der Waals surface area contributed by atoms with Gasteiger partial charge in [-0.25, -0.2) is 0 Å². The molecule has 1 aliphatic rings. The van der Waals surface area contributed by atoms with Crippen LogP contribution in [-0.2, 0) is 4.79 Å². The largest absolute Gasteiger partial charge is 0.491 e. The standard InChI is InChI=1S/C18H21N3O4/c1-10(2)25-16-8-12-14(7-13(16)18(19)23)20-6-5-15(12)24-9-11-3-4-17(22)21-11/h5-8,10-11H,3-4,9H2,1-2H3,(H2,19,23)(H,21,22)/t11-/m1/s1. The summed E-state index contributed by atoms with van der Waals surface area (Å²) >= 11 is 0. The molecule has 1 atom stereocenters. The van der Waals surface area contributed by atoms with Crippen molar-refractivity contribution < 1.29 is 19.1 Å². The molecule has 0 radical (unpaired) electrons. The third kappa shape index (κ3) is 3.81. The first-order valence-electron chi connectivity index (χ1n) is 8.25. The number of benzene rings is 1. The number of carbonyl (C=O) groups excluding carboxylic acids is 2. The number of primary amides is 1. The number of hydrogen-bond acceptors (Lipinski definition) is 5. The molecule has 1 saturated heterocycles. The Kier molecular flexibility index (Phi) is 4.74. The van der Waals surface area contributed by atoms with Gasteiger partial charge in [-0.05, 0) is 38.5 Å². The molecule has 2 heterocycles. The van der Waals surface area contributed by atoms with Gasteiger partial charge in [0.05, 0.1) is 23.2 Å². The van der Waals surface area contributed by atoms with Gasteiger partial charge in [-0.2, -0.15) is 0 Å². The van der Waals surface area contributed by atoms with Crippen molar-refractivity contribution in [1.29, 1.82) is 0 Å². The fraction of sp³-hybridized carbons (Fsp3) is 0.389. The summed E-state index contributed by atoms with van der Waals surface area (Å²) in [6.45, 7) is 4.12. The highest BCUT2D eigenvalue weighted by Gasteiger charge is 2.22. The maximum atomic E-state index is 11.7. The second-order valence-electron chi connectivity index (χ2n) is 6.32. The average Bonchev–Trinajstić information content (AvgIpc) is 2.97.